The number of furan rings is 1. The fourth-order valence-electron chi connectivity index (χ4n) is 3.18. The Morgan fingerprint density at radius 1 is 1.25 bits per heavy atom. The molecule has 0 saturated carbocycles. The highest BCUT2D eigenvalue weighted by Gasteiger charge is 2.22. The molecular formula is C20H19N3O5. The Bertz CT molecular complexity index is 1080. The van der Waals surface area contributed by atoms with Gasteiger partial charge in [0, 0.05) is 16.6 Å². The van der Waals surface area contributed by atoms with Crippen molar-refractivity contribution in [1.29, 1.82) is 0 Å². The Morgan fingerprint density at radius 2 is 2.14 bits per heavy atom. The molecule has 0 spiro atoms. The molecule has 0 amide bonds. The first kappa shape index (κ1) is 17.8. The number of carbonyl (C=O) groups is 1. The molecule has 144 valence electrons. The van der Waals surface area contributed by atoms with Crippen molar-refractivity contribution in [3.8, 4) is 5.75 Å². The highest BCUT2D eigenvalue weighted by Crippen LogP contribution is 2.31. The van der Waals surface area contributed by atoms with Gasteiger partial charge in [-0.2, -0.15) is 0 Å². The molecule has 8 nitrogen and oxygen atoms in total. The zero-order valence-corrected chi connectivity index (χ0v) is 15.5. The van der Waals surface area contributed by atoms with Crippen LogP contribution in [0.3, 0.4) is 0 Å². The summed E-state index contributed by atoms with van der Waals surface area (Å²) in [6.45, 7) is 4.64. The fourth-order valence-corrected chi connectivity index (χ4v) is 3.18. The van der Waals surface area contributed by atoms with Gasteiger partial charge in [-0.05, 0) is 44.2 Å². The predicted octanol–water partition coefficient (Wildman–Crippen LogP) is 3.73. The number of nitrogens with zero attached hydrogens (tertiary/aromatic N) is 3. The first-order chi connectivity index (χ1) is 13.7. The van der Waals surface area contributed by atoms with Gasteiger partial charge in [-0.3, -0.25) is 0 Å². The lowest BCUT2D eigenvalue weighted by molar-refractivity contribution is 0.0527. The van der Waals surface area contributed by atoms with E-state index in [4.69, 9.17) is 18.3 Å². The molecule has 4 rings (SSSR count). The Labute approximate surface area is 160 Å². The Balaban J connectivity index is 1.74. The van der Waals surface area contributed by atoms with Crippen LogP contribution in [0, 0.1) is 6.92 Å². The number of carbonyl (C=O) groups excluding carboxylic acids is 1. The zero-order chi connectivity index (χ0) is 19.5. The van der Waals surface area contributed by atoms with Gasteiger partial charge in [-0.15, -0.1) is 10.2 Å². The van der Waals surface area contributed by atoms with E-state index in [-0.39, 0.29) is 12.6 Å². The second-order valence-electron chi connectivity index (χ2n) is 6.15. The van der Waals surface area contributed by atoms with Gasteiger partial charge in [0.05, 0.1) is 25.0 Å². The van der Waals surface area contributed by atoms with Crippen molar-refractivity contribution in [3.63, 3.8) is 0 Å². The summed E-state index contributed by atoms with van der Waals surface area (Å²) >= 11 is 0. The van der Waals surface area contributed by atoms with Crippen LogP contribution in [0.2, 0.25) is 0 Å². The molecule has 3 heterocycles. The van der Waals surface area contributed by atoms with E-state index in [2.05, 4.69) is 10.2 Å². The quantitative estimate of drug-likeness (QED) is 0.450. The molecule has 0 atom stereocenters. The molecule has 4 aromatic rings. The number of esters is 1. The second-order valence-corrected chi connectivity index (χ2v) is 6.15. The minimum absolute atomic E-state index is 0.145. The number of fused-ring (bicyclic) bond motifs is 1. The van der Waals surface area contributed by atoms with Gasteiger partial charge >= 0.3 is 5.97 Å². The van der Waals surface area contributed by atoms with Gasteiger partial charge in [0.1, 0.15) is 11.5 Å². The van der Waals surface area contributed by atoms with Crippen molar-refractivity contribution in [1.82, 2.24) is 14.8 Å². The third kappa shape index (κ3) is 3.36. The molecule has 8 heteroatoms. The number of ether oxygens (including phenoxy) is 2. The van der Waals surface area contributed by atoms with Crippen LogP contribution < -0.4 is 4.74 Å². The third-order valence-corrected chi connectivity index (χ3v) is 4.44. The van der Waals surface area contributed by atoms with E-state index < -0.39 is 0 Å². The number of aromatic nitrogens is 3. The maximum absolute atomic E-state index is 12.6. The van der Waals surface area contributed by atoms with Crippen LogP contribution in [-0.4, -0.2) is 27.3 Å². The van der Waals surface area contributed by atoms with Crippen LogP contribution in [0.4, 0.5) is 0 Å². The van der Waals surface area contributed by atoms with Crippen LogP contribution in [-0.2, 0) is 17.9 Å². The van der Waals surface area contributed by atoms with Gasteiger partial charge in [-0.25, -0.2) is 4.79 Å². The van der Waals surface area contributed by atoms with E-state index in [9.17, 15) is 4.79 Å². The van der Waals surface area contributed by atoms with Crippen molar-refractivity contribution in [2.75, 3.05) is 6.61 Å². The molecule has 0 bridgehead atoms. The maximum atomic E-state index is 12.6. The lowest BCUT2D eigenvalue weighted by Crippen LogP contribution is -2.08. The highest BCUT2D eigenvalue weighted by molar-refractivity contribution is 6.06. The highest BCUT2D eigenvalue weighted by atomic mass is 16.5. The molecule has 0 fully saturated rings. The molecule has 0 N–H and O–H groups in total. The SMILES string of the molecule is CCOC(=O)c1c(C)n(Cc2ccco2)c2ccc(OCc3nnco3)cc12. The van der Waals surface area contributed by atoms with Crippen LogP contribution >= 0.6 is 0 Å². The van der Waals surface area contributed by atoms with Crippen LogP contribution in [0.15, 0.2) is 51.8 Å². The smallest absolute Gasteiger partial charge is 0.340 e. The predicted molar refractivity (Wildman–Crippen MR) is 99.1 cm³/mol. The molecule has 0 aliphatic rings. The van der Waals surface area contributed by atoms with Gasteiger partial charge in [-0.1, -0.05) is 0 Å². The molecule has 0 radical (unpaired) electrons. The summed E-state index contributed by atoms with van der Waals surface area (Å²) in [4.78, 5) is 12.6. The standard InChI is InChI=1S/C20H19N3O5/c1-3-25-20(24)19-13(2)23(10-15-5-4-8-26-15)17-7-6-14(9-16(17)19)27-11-18-22-21-12-28-18/h4-9,12H,3,10-11H2,1-2H3. The number of benzene rings is 1. The average molecular weight is 381 g/mol. The van der Waals surface area contributed by atoms with Crippen molar-refractivity contribution in [2.45, 2.75) is 27.0 Å². The lowest BCUT2D eigenvalue weighted by Gasteiger charge is -2.07. The van der Waals surface area contributed by atoms with Crippen molar-refractivity contribution < 1.29 is 23.1 Å². The van der Waals surface area contributed by atoms with Gasteiger partial charge in [0.25, 0.3) is 5.89 Å². The number of hydrogen-bond donors (Lipinski definition) is 0. The summed E-state index contributed by atoms with van der Waals surface area (Å²) in [5.41, 5.74) is 2.22. The Hall–Kier alpha value is -3.55. The van der Waals surface area contributed by atoms with E-state index in [0.29, 0.717) is 30.4 Å². The molecule has 0 saturated heterocycles. The van der Waals surface area contributed by atoms with Gasteiger partial charge in [0.2, 0.25) is 6.39 Å². The summed E-state index contributed by atoms with van der Waals surface area (Å²) in [6, 6.07) is 9.32. The molecule has 28 heavy (non-hydrogen) atoms. The van der Waals surface area contributed by atoms with Crippen LogP contribution in [0.25, 0.3) is 10.9 Å². The van der Waals surface area contributed by atoms with Crippen molar-refractivity contribution >= 4 is 16.9 Å². The van der Waals surface area contributed by atoms with Crippen molar-refractivity contribution in [3.05, 3.63) is 65.9 Å². The minimum Gasteiger partial charge on any atom is -0.484 e. The summed E-state index contributed by atoms with van der Waals surface area (Å²) in [5.74, 6) is 1.40. The Morgan fingerprint density at radius 3 is 2.86 bits per heavy atom. The summed E-state index contributed by atoms with van der Waals surface area (Å²) < 4.78 is 23.6. The van der Waals surface area contributed by atoms with Gasteiger partial charge in [0.15, 0.2) is 6.61 Å². The minimum atomic E-state index is -0.364. The van der Waals surface area contributed by atoms with E-state index in [1.807, 2.05) is 41.8 Å². The van der Waals surface area contributed by atoms with E-state index >= 15 is 0 Å². The van der Waals surface area contributed by atoms with Crippen LogP contribution in [0.1, 0.15) is 34.6 Å². The van der Waals surface area contributed by atoms with Crippen LogP contribution in [0.5, 0.6) is 5.75 Å². The third-order valence-electron chi connectivity index (χ3n) is 4.44. The largest absolute Gasteiger partial charge is 0.484 e. The number of rotatable bonds is 7. The first-order valence-electron chi connectivity index (χ1n) is 8.87. The molecular weight excluding hydrogens is 362 g/mol. The van der Waals surface area contributed by atoms with E-state index in [0.717, 1.165) is 22.4 Å². The van der Waals surface area contributed by atoms with Gasteiger partial charge < -0.3 is 22.9 Å². The lowest BCUT2D eigenvalue weighted by atomic mass is 10.1. The van der Waals surface area contributed by atoms with E-state index in [1.54, 1.807) is 13.2 Å². The molecule has 0 aliphatic heterocycles. The average Bonchev–Trinajstić information content (AvgIpc) is 3.43. The van der Waals surface area contributed by atoms with Crippen molar-refractivity contribution in [2.24, 2.45) is 0 Å². The maximum Gasteiger partial charge on any atom is 0.340 e. The normalized spacial score (nSPS) is 11.1. The molecule has 0 aliphatic carbocycles. The fraction of sp³-hybridized carbons (Fsp3) is 0.250. The first-order valence-corrected chi connectivity index (χ1v) is 8.87. The topological polar surface area (TPSA) is 92.5 Å². The summed E-state index contributed by atoms with van der Waals surface area (Å²) in [5, 5.41) is 8.17. The molecule has 1 aromatic carbocycles. The molecule has 3 aromatic heterocycles. The summed E-state index contributed by atoms with van der Waals surface area (Å²) in [7, 11) is 0. The number of hydrogen-bond acceptors (Lipinski definition) is 7. The molecule has 0 unspecified atom stereocenters. The van der Waals surface area contributed by atoms with E-state index in [1.165, 1.54) is 6.39 Å². The summed E-state index contributed by atoms with van der Waals surface area (Å²) in [6.07, 6.45) is 2.88. The Kier molecular flexibility index (Phi) is 4.84. The monoisotopic (exact) mass is 381 g/mol. The zero-order valence-electron chi connectivity index (χ0n) is 15.5. The second kappa shape index (κ2) is 7.59.